The van der Waals surface area contributed by atoms with Crippen molar-refractivity contribution < 1.29 is 19.1 Å². The first-order valence-corrected chi connectivity index (χ1v) is 9.60. The normalized spacial score (nSPS) is 22.7. The summed E-state index contributed by atoms with van der Waals surface area (Å²) in [6.45, 7) is 5.82. The SMILES string of the molecule is Cc1c(C(=O)NC2CCCCC2)oc2ccc3c(c12)[C@@H](O)CC(C)(C)O3. The highest BCUT2D eigenvalue weighted by molar-refractivity contribution is 6.00. The predicted molar refractivity (Wildman–Crippen MR) is 99.6 cm³/mol. The fourth-order valence-electron chi connectivity index (χ4n) is 4.39. The monoisotopic (exact) mass is 357 g/mol. The van der Waals surface area contributed by atoms with Crippen LogP contribution in [0, 0.1) is 6.92 Å². The molecule has 140 valence electrons. The maximum absolute atomic E-state index is 12.8. The third kappa shape index (κ3) is 2.98. The van der Waals surface area contributed by atoms with E-state index in [0.29, 0.717) is 23.5 Å². The van der Waals surface area contributed by atoms with Gasteiger partial charge in [0.2, 0.25) is 0 Å². The fraction of sp³-hybridized carbons (Fsp3) is 0.571. The summed E-state index contributed by atoms with van der Waals surface area (Å²) < 4.78 is 11.9. The van der Waals surface area contributed by atoms with E-state index in [9.17, 15) is 9.90 Å². The largest absolute Gasteiger partial charge is 0.487 e. The number of aryl methyl sites for hydroxylation is 1. The number of benzene rings is 1. The second-order valence-corrected chi connectivity index (χ2v) is 8.30. The highest BCUT2D eigenvalue weighted by Crippen LogP contribution is 2.45. The minimum absolute atomic E-state index is 0.161. The Labute approximate surface area is 153 Å². The summed E-state index contributed by atoms with van der Waals surface area (Å²) in [6.07, 6.45) is 5.50. The zero-order valence-corrected chi connectivity index (χ0v) is 15.7. The molecule has 0 unspecified atom stereocenters. The number of hydrogen-bond donors (Lipinski definition) is 2. The molecule has 2 aromatic rings. The van der Waals surface area contributed by atoms with Crippen molar-refractivity contribution in [2.45, 2.75) is 77.0 Å². The molecule has 1 aromatic heterocycles. The van der Waals surface area contributed by atoms with Crippen LogP contribution in [0.4, 0.5) is 0 Å². The molecule has 1 saturated carbocycles. The van der Waals surface area contributed by atoms with Gasteiger partial charge in [0.25, 0.3) is 5.91 Å². The topological polar surface area (TPSA) is 71.7 Å². The zero-order chi connectivity index (χ0) is 18.5. The van der Waals surface area contributed by atoms with Gasteiger partial charge in [-0.1, -0.05) is 19.3 Å². The van der Waals surface area contributed by atoms with Crippen LogP contribution in [0.3, 0.4) is 0 Å². The van der Waals surface area contributed by atoms with E-state index in [2.05, 4.69) is 5.32 Å². The Morgan fingerprint density at radius 3 is 2.69 bits per heavy atom. The molecule has 1 amide bonds. The molecule has 2 aliphatic rings. The van der Waals surface area contributed by atoms with Gasteiger partial charge in [0.1, 0.15) is 16.9 Å². The van der Waals surface area contributed by atoms with Crippen LogP contribution in [-0.4, -0.2) is 22.7 Å². The maximum Gasteiger partial charge on any atom is 0.287 e. The number of rotatable bonds is 2. The van der Waals surface area contributed by atoms with Crippen LogP contribution in [0.5, 0.6) is 5.75 Å². The number of fused-ring (bicyclic) bond motifs is 3. The fourth-order valence-corrected chi connectivity index (χ4v) is 4.39. The number of aliphatic hydroxyl groups excluding tert-OH is 1. The first-order valence-electron chi connectivity index (χ1n) is 9.60. The smallest absolute Gasteiger partial charge is 0.287 e. The molecule has 0 radical (unpaired) electrons. The van der Waals surface area contributed by atoms with Gasteiger partial charge in [0.15, 0.2) is 5.76 Å². The average Bonchev–Trinajstić information content (AvgIpc) is 2.91. The Morgan fingerprint density at radius 1 is 1.23 bits per heavy atom. The van der Waals surface area contributed by atoms with Crippen molar-refractivity contribution in [1.29, 1.82) is 0 Å². The van der Waals surface area contributed by atoms with Gasteiger partial charge >= 0.3 is 0 Å². The maximum atomic E-state index is 12.8. The summed E-state index contributed by atoms with van der Waals surface area (Å²) in [5.41, 5.74) is 1.71. The number of ether oxygens (including phenoxy) is 1. The Morgan fingerprint density at radius 2 is 1.96 bits per heavy atom. The molecule has 1 aromatic carbocycles. The van der Waals surface area contributed by atoms with Gasteiger partial charge in [-0.2, -0.15) is 0 Å². The number of furan rings is 1. The van der Waals surface area contributed by atoms with Gasteiger partial charge in [-0.25, -0.2) is 0 Å². The highest BCUT2D eigenvalue weighted by atomic mass is 16.5. The number of aliphatic hydroxyl groups is 1. The Balaban J connectivity index is 1.71. The predicted octanol–water partition coefficient (Wildman–Crippen LogP) is 4.40. The van der Waals surface area contributed by atoms with Crippen LogP contribution in [0.2, 0.25) is 0 Å². The van der Waals surface area contributed by atoms with Gasteiger partial charge in [-0.3, -0.25) is 4.79 Å². The van der Waals surface area contributed by atoms with Crippen LogP contribution < -0.4 is 10.1 Å². The van der Waals surface area contributed by atoms with E-state index < -0.39 is 11.7 Å². The summed E-state index contributed by atoms with van der Waals surface area (Å²) in [4.78, 5) is 12.8. The van der Waals surface area contributed by atoms with Gasteiger partial charge in [-0.05, 0) is 45.7 Å². The average molecular weight is 357 g/mol. The van der Waals surface area contributed by atoms with Crippen LogP contribution in [0.25, 0.3) is 11.0 Å². The summed E-state index contributed by atoms with van der Waals surface area (Å²) in [6, 6.07) is 3.88. The molecule has 1 aliphatic heterocycles. The molecule has 5 nitrogen and oxygen atoms in total. The van der Waals surface area contributed by atoms with E-state index in [-0.39, 0.29) is 11.9 Å². The number of amides is 1. The Bertz CT molecular complexity index is 845. The van der Waals surface area contributed by atoms with E-state index in [1.165, 1.54) is 6.42 Å². The van der Waals surface area contributed by atoms with E-state index in [1.807, 2.05) is 32.9 Å². The number of hydrogen-bond acceptors (Lipinski definition) is 4. The van der Waals surface area contributed by atoms with Crippen LogP contribution in [0.1, 0.15) is 80.2 Å². The Kier molecular flexibility index (Phi) is 4.22. The summed E-state index contributed by atoms with van der Waals surface area (Å²) >= 11 is 0. The summed E-state index contributed by atoms with van der Waals surface area (Å²) in [7, 11) is 0. The molecule has 0 spiro atoms. The number of nitrogens with one attached hydrogen (secondary N) is 1. The van der Waals surface area contributed by atoms with Gasteiger partial charge in [0, 0.05) is 29.0 Å². The standard InChI is InChI=1S/C21H27NO4/c1-12-17-15(9-10-16-18(17)14(23)11-21(2,3)26-16)25-19(12)20(24)22-13-7-5-4-6-8-13/h9-10,13-14,23H,4-8,11H2,1-3H3,(H,22,24)/t14-/m0/s1. The molecular weight excluding hydrogens is 330 g/mol. The molecule has 26 heavy (non-hydrogen) atoms. The van der Waals surface area contributed by atoms with Crippen molar-refractivity contribution in [3.63, 3.8) is 0 Å². The van der Waals surface area contributed by atoms with E-state index in [0.717, 1.165) is 42.2 Å². The van der Waals surface area contributed by atoms with Crippen molar-refractivity contribution in [1.82, 2.24) is 5.32 Å². The van der Waals surface area contributed by atoms with Gasteiger partial charge < -0.3 is 19.6 Å². The highest BCUT2D eigenvalue weighted by Gasteiger charge is 2.35. The van der Waals surface area contributed by atoms with Crippen molar-refractivity contribution in [2.24, 2.45) is 0 Å². The van der Waals surface area contributed by atoms with Crippen molar-refractivity contribution >= 4 is 16.9 Å². The lowest BCUT2D eigenvalue weighted by Crippen LogP contribution is -2.36. The van der Waals surface area contributed by atoms with Crippen LogP contribution in [-0.2, 0) is 0 Å². The molecule has 2 N–H and O–H groups in total. The summed E-state index contributed by atoms with van der Waals surface area (Å²) in [5.74, 6) is 0.853. The van der Waals surface area contributed by atoms with Gasteiger partial charge in [0.05, 0.1) is 6.10 Å². The molecule has 5 heteroatoms. The van der Waals surface area contributed by atoms with E-state index >= 15 is 0 Å². The minimum atomic E-state index is -0.636. The quantitative estimate of drug-likeness (QED) is 0.836. The number of carbonyl (C=O) groups excluding carboxylic acids is 1. The van der Waals surface area contributed by atoms with Crippen LogP contribution >= 0.6 is 0 Å². The lowest BCUT2D eigenvalue weighted by Gasteiger charge is -2.35. The van der Waals surface area contributed by atoms with Crippen molar-refractivity contribution in [2.75, 3.05) is 0 Å². The second kappa shape index (κ2) is 6.31. The third-order valence-corrected chi connectivity index (χ3v) is 5.65. The molecule has 1 atom stereocenters. The molecule has 4 rings (SSSR count). The third-order valence-electron chi connectivity index (χ3n) is 5.65. The lowest BCUT2D eigenvalue weighted by molar-refractivity contribution is 0.0126. The molecule has 2 heterocycles. The van der Waals surface area contributed by atoms with Crippen molar-refractivity contribution in [3.8, 4) is 5.75 Å². The first kappa shape index (κ1) is 17.4. The van der Waals surface area contributed by atoms with Crippen LogP contribution in [0.15, 0.2) is 16.5 Å². The Hall–Kier alpha value is -2.01. The zero-order valence-electron chi connectivity index (χ0n) is 15.7. The first-order chi connectivity index (χ1) is 12.4. The van der Waals surface area contributed by atoms with Crippen molar-refractivity contribution in [3.05, 3.63) is 29.0 Å². The molecule has 1 aliphatic carbocycles. The molecular formula is C21H27NO4. The second-order valence-electron chi connectivity index (χ2n) is 8.30. The van der Waals surface area contributed by atoms with E-state index in [4.69, 9.17) is 9.15 Å². The molecule has 1 fully saturated rings. The van der Waals surface area contributed by atoms with Gasteiger partial charge in [-0.15, -0.1) is 0 Å². The van der Waals surface area contributed by atoms with E-state index in [1.54, 1.807) is 0 Å². The number of carbonyl (C=O) groups is 1. The minimum Gasteiger partial charge on any atom is -0.487 e. The lowest BCUT2D eigenvalue weighted by atomic mass is 9.89. The summed E-state index contributed by atoms with van der Waals surface area (Å²) in [5, 5.41) is 14.6. The molecule has 0 bridgehead atoms. The molecule has 0 saturated heterocycles.